The molecule has 0 aromatic heterocycles. The van der Waals surface area contributed by atoms with Gasteiger partial charge < -0.3 is 4.18 Å². The van der Waals surface area contributed by atoms with Crippen LogP contribution in [0.1, 0.15) is 18.9 Å². The van der Waals surface area contributed by atoms with E-state index in [4.69, 9.17) is 0 Å². The maximum atomic E-state index is 12.6. The second-order valence-corrected chi connectivity index (χ2v) is 8.25. The van der Waals surface area contributed by atoms with Gasteiger partial charge in [0, 0.05) is 12.6 Å². The van der Waals surface area contributed by atoms with Crippen molar-refractivity contribution in [3.05, 3.63) is 47.7 Å². The molecule has 1 aliphatic carbocycles. The van der Waals surface area contributed by atoms with Gasteiger partial charge in [0.25, 0.3) is 0 Å². The Morgan fingerprint density at radius 3 is 2.38 bits per heavy atom. The quantitative estimate of drug-likeness (QED) is 0.572. The monoisotopic (exact) mass is 389 g/mol. The largest absolute Gasteiger partial charge is 0.534 e. The number of halogens is 3. The average molecular weight is 389 g/mol. The van der Waals surface area contributed by atoms with Crippen molar-refractivity contribution in [1.29, 1.82) is 0 Å². The Kier molecular flexibility index (Phi) is 4.87. The number of ketones is 1. The predicted molar refractivity (Wildman–Crippen MR) is 87.1 cm³/mol. The zero-order valence-corrected chi connectivity index (χ0v) is 14.8. The fourth-order valence-electron chi connectivity index (χ4n) is 3.25. The van der Waals surface area contributed by atoms with Crippen molar-refractivity contribution in [3.63, 3.8) is 0 Å². The second kappa shape index (κ2) is 6.70. The summed E-state index contributed by atoms with van der Waals surface area (Å²) in [5, 5.41) is 0. The number of carbonyl (C=O) groups excluding carboxylic acids is 1. The Morgan fingerprint density at radius 2 is 1.85 bits per heavy atom. The van der Waals surface area contributed by atoms with Crippen LogP contribution in [0.3, 0.4) is 0 Å². The van der Waals surface area contributed by atoms with Gasteiger partial charge in [0.15, 0.2) is 5.78 Å². The molecule has 142 valence electrons. The standard InChI is InChI=1S/C17H18F3NO4S/c1-11-7-14(11)16-15(22)8-13(25-26(23,24)17(18,19)20)10-21(16)9-12-5-3-2-4-6-12/h2-6,8,11,14,16H,7,9-10H2,1H3. The Morgan fingerprint density at radius 1 is 1.23 bits per heavy atom. The van der Waals surface area contributed by atoms with E-state index >= 15 is 0 Å². The molecule has 0 amide bonds. The van der Waals surface area contributed by atoms with Gasteiger partial charge in [-0.3, -0.25) is 9.69 Å². The van der Waals surface area contributed by atoms with E-state index < -0.39 is 33.2 Å². The normalized spacial score (nSPS) is 27.2. The molecule has 26 heavy (non-hydrogen) atoms. The van der Waals surface area contributed by atoms with E-state index in [9.17, 15) is 26.4 Å². The number of carbonyl (C=O) groups is 1. The summed E-state index contributed by atoms with van der Waals surface area (Å²) in [7, 11) is -5.80. The van der Waals surface area contributed by atoms with Crippen molar-refractivity contribution in [2.45, 2.75) is 31.4 Å². The molecule has 3 unspecified atom stereocenters. The first kappa shape index (κ1) is 18.9. The molecule has 0 radical (unpaired) electrons. The van der Waals surface area contributed by atoms with E-state index in [1.165, 1.54) is 0 Å². The van der Waals surface area contributed by atoms with Crippen LogP contribution >= 0.6 is 0 Å². The van der Waals surface area contributed by atoms with E-state index in [1.54, 1.807) is 4.90 Å². The lowest BCUT2D eigenvalue weighted by Crippen LogP contribution is -2.47. The molecule has 3 atom stereocenters. The van der Waals surface area contributed by atoms with Gasteiger partial charge in [0.05, 0.1) is 12.6 Å². The number of nitrogens with zero attached hydrogens (tertiary/aromatic N) is 1. The van der Waals surface area contributed by atoms with Crippen LogP contribution in [0.15, 0.2) is 42.2 Å². The zero-order valence-electron chi connectivity index (χ0n) is 13.9. The lowest BCUT2D eigenvalue weighted by Gasteiger charge is -2.34. The minimum Gasteiger partial charge on any atom is -0.379 e. The molecule has 1 saturated carbocycles. The molecule has 0 saturated heterocycles. The maximum absolute atomic E-state index is 12.6. The van der Waals surface area contributed by atoms with Gasteiger partial charge in [-0.05, 0) is 23.8 Å². The van der Waals surface area contributed by atoms with Crippen LogP contribution in [0.4, 0.5) is 13.2 Å². The molecule has 3 rings (SSSR count). The van der Waals surface area contributed by atoms with Crippen LogP contribution in [0.5, 0.6) is 0 Å². The minimum absolute atomic E-state index is 0.114. The minimum atomic E-state index is -5.80. The lowest BCUT2D eigenvalue weighted by atomic mass is 9.98. The van der Waals surface area contributed by atoms with Crippen molar-refractivity contribution < 1.29 is 30.6 Å². The first-order valence-corrected chi connectivity index (χ1v) is 9.52. The molecule has 1 fully saturated rings. The molecule has 5 nitrogen and oxygen atoms in total. The zero-order chi connectivity index (χ0) is 19.1. The van der Waals surface area contributed by atoms with E-state index in [0.29, 0.717) is 12.5 Å². The van der Waals surface area contributed by atoms with Crippen LogP contribution in [0.25, 0.3) is 0 Å². The van der Waals surface area contributed by atoms with E-state index in [1.807, 2.05) is 37.3 Å². The number of benzene rings is 1. The van der Waals surface area contributed by atoms with Gasteiger partial charge >= 0.3 is 15.6 Å². The van der Waals surface area contributed by atoms with Gasteiger partial charge in [-0.2, -0.15) is 21.6 Å². The first-order chi connectivity index (χ1) is 12.1. The smallest absolute Gasteiger partial charge is 0.379 e. The molecular weight excluding hydrogens is 371 g/mol. The summed E-state index contributed by atoms with van der Waals surface area (Å²) >= 11 is 0. The van der Waals surface area contributed by atoms with E-state index in [2.05, 4.69) is 4.18 Å². The van der Waals surface area contributed by atoms with Crippen LogP contribution in [0, 0.1) is 11.8 Å². The highest BCUT2D eigenvalue weighted by molar-refractivity contribution is 7.87. The van der Waals surface area contributed by atoms with Crippen LogP contribution in [0.2, 0.25) is 0 Å². The van der Waals surface area contributed by atoms with Crippen LogP contribution < -0.4 is 0 Å². The predicted octanol–water partition coefficient (Wildman–Crippen LogP) is 2.85. The first-order valence-electron chi connectivity index (χ1n) is 8.11. The molecule has 0 spiro atoms. The van der Waals surface area contributed by atoms with Gasteiger partial charge in [0.2, 0.25) is 0 Å². The summed E-state index contributed by atoms with van der Waals surface area (Å²) < 4.78 is 64.4. The van der Waals surface area contributed by atoms with E-state index in [-0.39, 0.29) is 12.5 Å². The highest BCUT2D eigenvalue weighted by atomic mass is 32.2. The van der Waals surface area contributed by atoms with Crippen molar-refractivity contribution in [2.24, 2.45) is 11.8 Å². The van der Waals surface area contributed by atoms with Gasteiger partial charge in [-0.25, -0.2) is 0 Å². The van der Waals surface area contributed by atoms with Gasteiger partial charge in [0.1, 0.15) is 5.76 Å². The number of hydrogen-bond donors (Lipinski definition) is 0. The van der Waals surface area contributed by atoms with E-state index in [0.717, 1.165) is 18.1 Å². The van der Waals surface area contributed by atoms with Gasteiger partial charge in [-0.1, -0.05) is 37.3 Å². The highest BCUT2D eigenvalue weighted by Crippen LogP contribution is 2.44. The molecule has 1 aromatic rings. The summed E-state index contributed by atoms with van der Waals surface area (Å²) in [5.41, 5.74) is -4.67. The number of hydrogen-bond acceptors (Lipinski definition) is 5. The Balaban J connectivity index is 1.84. The fraction of sp³-hybridized carbons (Fsp3) is 0.471. The van der Waals surface area contributed by atoms with Crippen molar-refractivity contribution in [2.75, 3.05) is 6.54 Å². The summed E-state index contributed by atoms with van der Waals surface area (Å²) in [6, 6.07) is 8.65. The Hall–Kier alpha value is -1.87. The van der Waals surface area contributed by atoms with Crippen molar-refractivity contribution >= 4 is 15.9 Å². The molecule has 0 bridgehead atoms. The molecule has 1 aliphatic heterocycles. The topological polar surface area (TPSA) is 63.7 Å². The molecular formula is C17H18F3NO4S. The highest BCUT2D eigenvalue weighted by Gasteiger charge is 2.51. The maximum Gasteiger partial charge on any atom is 0.534 e. The van der Waals surface area contributed by atoms with Crippen molar-refractivity contribution in [1.82, 2.24) is 4.90 Å². The molecule has 9 heteroatoms. The van der Waals surface area contributed by atoms with Crippen molar-refractivity contribution in [3.8, 4) is 0 Å². The number of rotatable bonds is 5. The molecule has 1 heterocycles. The SMILES string of the molecule is CC1CC1C1C(=O)C=C(OS(=O)(=O)C(F)(F)F)CN1Cc1ccccc1. The molecule has 0 N–H and O–H groups in total. The fourth-order valence-corrected chi connectivity index (χ4v) is 3.73. The summed E-state index contributed by atoms with van der Waals surface area (Å²) in [6.07, 6.45) is 1.74. The Labute approximate surface area is 149 Å². The second-order valence-electron chi connectivity index (χ2n) is 6.71. The lowest BCUT2D eigenvalue weighted by molar-refractivity contribution is -0.122. The van der Waals surface area contributed by atoms with Crippen LogP contribution in [-0.4, -0.2) is 37.2 Å². The third-order valence-electron chi connectivity index (χ3n) is 4.65. The number of alkyl halides is 3. The summed E-state index contributed by atoms with van der Waals surface area (Å²) in [5.74, 6) is -0.470. The Bertz CT molecular complexity index is 820. The third kappa shape index (κ3) is 3.93. The molecule has 1 aromatic carbocycles. The summed E-state index contributed by atoms with van der Waals surface area (Å²) in [4.78, 5) is 14.2. The van der Waals surface area contributed by atoms with Crippen LogP contribution in [-0.2, 0) is 25.6 Å². The third-order valence-corrected chi connectivity index (χ3v) is 5.65. The average Bonchev–Trinajstić information content (AvgIpc) is 3.22. The van der Waals surface area contributed by atoms with Gasteiger partial charge in [-0.15, -0.1) is 0 Å². The molecule has 2 aliphatic rings. The summed E-state index contributed by atoms with van der Waals surface area (Å²) in [6.45, 7) is 2.14.